The van der Waals surface area contributed by atoms with Crippen LogP contribution in [0.3, 0.4) is 0 Å². The second kappa shape index (κ2) is 6.49. The van der Waals surface area contributed by atoms with Crippen LogP contribution in [0, 0.1) is 0 Å². The molecule has 0 spiro atoms. The van der Waals surface area contributed by atoms with Crippen LogP contribution in [0.25, 0.3) is 0 Å². The summed E-state index contributed by atoms with van der Waals surface area (Å²) < 4.78 is 47.2. The summed E-state index contributed by atoms with van der Waals surface area (Å²) in [5.74, 6) is -1.12. The molecule has 0 saturated heterocycles. The van der Waals surface area contributed by atoms with Crippen molar-refractivity contribution in [1.29, 1.82) is 0 Å². The molecule has 0 atom stereocenters. The fourth-order valence-electron chi connectivity index (χ4n) is 1.75. The van der Waals surface area contributed by atoms with Crippen molar-refractivity contribution in [2.75, 3.05) is 6.26 Å². The van der Waals surface area contributed by atoms with Gasteiger partial charge in [-0.05, 0) is 29.2 Å². The van der Waals surface area contributed by atoms with Gasteiger partial charge in [-0.15, -0.1) is 0 Å². The Balaban J connectivity index is 2.22. The first-order valence-electron chi connectivity index (χ1n) is 6.29. The minimum absolute atomic E-state index is 0.0933. The smallest absolute Gasteiger partial charge is 0.351 e. The van der Waals surface area contributed by atoms with Crippen LogP contribution in [0.5, 0.6) is 0 Å². The normalized spacial score (nSPS) is 11.9. The van der Waals surface area contributed by atoms with Crippen LogP contribution in [0.2, 0.25) is 0 Å². The quantitative estimate of drug-likeness (QED) is 0.806. The number of sulfone groups is 1. The van der Waals surface area contributed by atoms with E-state index in [-0.39, 0.29) is 15.4 Å². The van der Waals surface area contributed by atoms with Gasteiger partial charge in [-0.2, -0.15) is 0 Å². The standard InChI is InChI=1S/C14H13NO6S2/c1-22(17,18)13-10-6-5-9-12(13)14(16)21-15-23(19,20)11-7-3-2-4-8-11/h2-10,15H,1H3. The highest BCUT2D eigenvalue weighted by atomic mass is 32.2. The lowest BCUT2D eigenvalue weighted by Crippen LogP contribution is -2.28. The molecule has 0 aliphatic rings. The van der Waals surface area contributed by atoms with Gasteiger partial charge in [0.05, 0.1) is 15.4 Å². The Hall–Kier alpha value is -2.23. The minimum Gasteiger partial charge on any atom is -0.351 e. The van der Waals surface area contributed by atoms with Crippen molar-refractivity contribution in [3.63, 3.8) is 0 Å². The lowest BCUT2D eigenvalue weighted by atomic mass is 10.2. The number of nitrogens with one attached hydrogen (secondary N) is 1. The average molecular weight is 355 g/mol. The molecule has 1 N–H and O–H groups in total. The molecule has 23 heavy (non-hydrogen) atoms. The van der Waals surface area contributed by atoms with Crippen molar-refractivity contribution in [1.82, 2.24) is 4.89 Å². The first-order valence-corrected chi connectivity index (χ1v) is 9.66. The van der Waals surface area contributed by atoms with E-state index < -0.39 is 25.8 Å². The van der Waals surface area contributed by atoms with Gasteiger partial charge in [0, 0.05) is 6.26 Å². The van der Waals surface area contributed by atoms with E-state index in [2.05, 4.69) is 4.84 Å². The van der Waals surface area contributed by atoms with E-state index in [4.69, 9.17) is 0 Å². The molecular weight excluding hydrogens is 342 g/mol. The van der Waals surface area contributed by atoms with E-state index in [1.165, 1.54) is 48.5 Å². The Morgan fingerprint density at radius 3 is 2.09 bits per heavy atom. The van der Waals surface area contributed by atoms with Gasteiger partial charge in [0.15, 0.2) is 9.84 Å². The predicted octanol–water partition coefficient (Wildman–Crippen LogP) is 1.14. The Labute approximate surface area is 133 Å². The van der Waals surface area contributed by atoms with Crippen molar-refractivity contribution in [3.05, 3.63) is 60.2 Å². The summed E-state index contributed by atoms with van der Waals surface area (Å²) in [6, 6.07) is 12.6. The minimum atomic E-state index is -4.05. The van der Waals surface area contributed by atoms with E-state index in [1.54, 1.807) is 11.0 Å². The molecule has 0 radical (unpaired) electrons. The third kappa shape index (κ3) is 4.15. The SMILES string of the molecule is CS(=O)(=O)c1ccccc1C(=O)ONS(=O)(=O)c1ccccc1. The van der Waals surface area contributed by atoms with E-state index in [1.807, 2.05) is 0 Å². The van der Waals surface area contributed by atoms with Gasteiger partial charge >= 0.3 is 5.97 Å². The molecule has 9 heteroatoms. The lowest BCUT2D eigenvalue weighted by molar-refractivity contribution is 0.0403. The van der Waals surface area contributed by atoms with Crippen LogP contribution >= 0.6 is 0 Å². The number of hydrogen-bond acceptors (Lipinski definition) is 6. The molecule has 122 valence electrons. The van der Waals surface area contributed by atoms with Crippen LogP contribution in [0.1, 0.15) is 10.4 Å². The predicted molar refractivity (Wildman–Crippen MR) is 81.7 cm³/mol. The molecule has 7 nitrogen and oxygen atoms in total. The lowest BCUT2D eigenvalue weighted by Gasteiger charge is -2.09. The molecule has 0 fully saturated rings. The van der Waals surface area contributed by atoms with Gasteiger partial charge in [-0.25, -0.2) is 21.6 Å². The third-order valence-corrected chi connectivity index (χ3v) is 5.15. The van der Waals surface area contributed by atoms with E-state index in [0.29, 0.717) is 0 Å². The van der Waals surface area contributed by atoms with Crippen LogP contribution in [0.15, 0.2) is 64.4 Å². The van der Waals surface area contributed by atoms with Crippen LogP contribution in [-0.2, 0) is 24.7 Å². The summed E-state index contributed by atoms with van der Waals surface area (Å²) in [5, 5.41) is 0. The fourth-order valence-corrected chi connectivity index (χ4v) is 3.43. The number of sulfonamides is 1. The maximum Gasteiger partial charge on any atom is 0.359 e. The van der Waals surface area contributed by atoms with Gasteiger partial charge in [0.1, 0.15) is 0 Å². The summed E-state index contributed by atoms with van der Waals surface area (Å²) >= 11 is 0. The number of carbonyl (C=O) groups is 1. The number of rotatable bonds is 5. The van der Waals surface area contributed by atoms with Gasteiger partial charge in [-0.1, -0.05) is 30.3 Å². The number of carbonyl (C=O) groups excluding carboxylic acids is 1. The first kappa shape index (κ1) is 17.1. The number of benzene rings is 2. The van der Waals surface area contributed by atoms with Crippen molar-refractivity contribution in [2.45, 2.75) is 9.79 Å². The molecule has 0 amide bonds. The number of hydrogen-bond donors (Lipinski definition) is 1. The molecule has 2 rings (SSSR count). The molecule has 2 aromatic carbocycles. The Bertz CT molecular complexity index is 921. The zero-order valence-corrected chi connectivity index (χ0v) is 13.6. The maximum atomic E-state index is 12.0. The van der Waals surface area contributed by atoms with Crippen LogP contribution in [0.4, 0.5) is 0 Å². The van der Waals surface area contributed by atoms with Crippen molar-refractivity contribution >= 4 is 25.8 Å². The summed E-state index contributed by atoms with van der Waals surface area (Å²) in [6.45, 7) is 0. The zero-order chi connectivity index (χ0) is 17.1. The summed E-state index contributed by atoms with van der Waals surface area (Å²) in [7, 11) is -7.72. The Morgan fingerprint density at radius 2 is 1.48 bits per heavy atom. The molecule has 2 aromatic rings. The molecular formula is C14H13NO6S2. The summed E-state index contributed by atoms with van der Waals surface area (Å²) in [6.07, 6.45) is 0.938. The van der Waals surface area contributed by atoms with Crippen molar-refractivity contribution in [2.24, 2.45) is 0 Å². The molecule has 0 saturated carbocycles. The third-order valence-electron chi connectivity index (χ3n) is 2.80. The first-order chi connectivity index (χ1) is 10.7. The van der Waals surface area contributed by atoms with E-state index >= 15 is 0 Å². The second-order valence-corrected chi connectivity index (χ2v) is 8.19. The summed E-state index contributed by atoms with van der Waals surface area (Å²) in [5.41, 5.74) is -0.259. The van der Waals surface area contributed by atoms with Crippen molar-refractivity contribution in [3.8, 4) is 0 Å². The van der Waals surface area contributed by atoms with Gasteiger partial charge in [0.2, 0.25) is 0 Å². The van der Waals surface area contributed by atoms with E-state index in [0.717, 1.165) is 6.26 Å². The van der Waals surface area contributed by atoms with E-state index in [9.17, 15) is 21.6 Å². The molecule has 0 aromatic heterocycles. The molecule has 0 heterocycles. The van der Waals surface area contributed by atoms with Gasteiger partial charge < -0.3 is 4.84 Å². The fraction of sp³-hybridized carbons (Fsp3) is 0.0714. The Kier molecular flexibility index (Phi) is 4.83. The maximum absolute atomic E-state index is 12.0. The highest BCUT2D eigenvalue weighted by Crippen LogP contribution is 2.16. The monoisotopic (exact) mass is 355 g/mol. The molecule has 0 aliphatic carbocycles. The Morgan fingerprint density at radius 1 is 0.913 bits per heavy atom. The van der Waals surface area contributed by atoms with Crippen LogP contribution in [-0.4, -0.2) is 29.1 Å². The average Bonchev–Trinajstić information content (AvgIpc) is 2.53. The largest absolute Gasteiger partial charge is 0.359 e. The molecule has 0 unspecified atom stereocenters. The van der Waals surface area contributed by atoms with Crippen molar-refractivity contribution < 1.29 is 26.5 Å². The summed E-state index contributed by atoms with van der Waals surface area (Å²) in [4.78, 5) is 17.9. The highest BCUT2D eigenvalue weighted by Gasteiger charge is 2.22. The topological polar surface area (TPSA) is 107 Å². The zero-order valence-electron chi connectivity index (χ0n) is 12.0. The molecule has 0 aliphatic heterocycles. The second-order valence-electron chi connectivity index (χ2n) is 4.56. The van der Waals surface area contributed by atoms with Crippen LogP contribution < -0.4 is 4.89 Å². The highest BCUT2D eigenvalue weighted by molar-refractivity contribution is 7.90. The van der Waals surface area contributed by atoms with Gasteiger partial charge in [0.25, 0.3) is 10.0 Å². The van der Waals surface area contributed by atoms with Gasteiger partial charge in [-0.3, -0.25) is 0 Å². The molecule has 0 bridgehead atoms.